The highest BCUT2D eigenvalue weighted by Gasteiger charge is 2.06. The average Bonchev–Trinajstić information content (AvgIpc) is 1.97. The van der Waals surface area contributed by atoms with Crippen molar-refractivity contribution in [1.82, 2.24) is 5.32 Å². The van der Waals surface area contributed by atoms with Crippen molar-refractivity contribution in [1.29, 1.82) is 0 Å². The third-order valence-corrected chi connectivity index (χ3v) is 1.48. The zero-order chi connectivity index (χ0) is 8.69. The van der Waals surface area contributed by atoms with Gasteiger partial charge in [-0.1, -0.05) is 13.8 Å². The Morgan fingerprint density at radius 2 is 2.09 bits per heavy atom. The second kappa shape index (κ2) is 6.58. The van der Waals surface area contributed by atoms with Crippen molar-refractivity contribution in [2.75, 3.05) is 26.9 Å². The van der Waals surface area contributed by atoms with Gasteiger partial charge in [-0.25, -0.2) is 0 Å². The molecule has 0 saturated heterocycles. The van der Waals surface area contributed by atoms with Crippen LogP contribution in [0.2, 0.25) is 0 Å². The fourth-order valence-corrected chi connectivity index (χ4v) is 0.814. The Balaban J connectivity index is 3.35. The number of rotatable bonds is 6. The number of hydrogen-bond donors (Lipinski definition) is 2. The van der Waals surface area contributed by atoms with Crippen molar-refractivity contribution in [3.05, 3.63) is 0 Å². The summed E-state index contributed by atoms with van der Waals surface area (Å²) in [6.07, 6.45) is 0. The van der Waals surface area contributed by atoms with Gasteiger partial charge in [0.15, 0.2) is 0 Å². The van der Waals surface area contributed by atoms with Crippen LogP contribution in [-0.4, -0.2) is 38.0 Å². The molecule has 3 nitrogen and oxygen atoms in total. The summed E-state index contributed by atoms with van der Waals surface area (Å²) in [7, 11) is 1.65. The van der Waals surface area contributed by atoms with Crippen LogP contribution in [0.4, 0.5) is 0 Å². The standard InChI is InChI=1S/C8H19NO2/c1-7(2)9-4-8(5-10)6-11-3/h7-10H,4-6H2,1-3H3. The number of aliphatic hydroxyl groups is 1. The van der Waals surface area contributed by atoms with Gasteiger partial charge in [0.25, 0.3) is 0 Å². The van der Waals surface area contributed by atoms with Crippen LogP contribution in [0.5, 0.6) is 0 Å². The van der Waals surface area contributed by atoms with Crippen LogP contribution in [0.25, 0.3) is 0 Å². The molecule has 0 saturated carbocycles. The van der Waals surface area contributed by atoms with Gasteiger partial charge in [0.05, 0.1) is 6.61 Å². The lowest BCUT2D eigenvalue weighted by Gasteiger charge is -2.15. The molecule has 0 aliphatic rings. The van der Waals surface area contributed by atoms with Crippen LogP contribution in [0.15, 0.2) is 0 Å². The van der Waals surface area contributed by atoms with E-state index in [1.54, 1.807) is 7.11 Å². The summed E-state index contributed by atoms with van der Waals surface area (Å²) in [6, 6.07) is 0.473. The molecule has 68 valence electrons. The van der Waals surface area contributed by atoms with E-state index in [4.69, 9.17) is 9.84 Å². The normalized spacial score (nSPS) is 13.9. The Morgan fingerprint density at radius 1 is 1.45 bits per heavy atom. The zero-order valence-corrected chi connectivity index (χ0v) is 7.63. The molecule has 0 rings (SSSR count). The van der Waals surface area contributed by atoms with Crippen LogP contribution in [0.1, 0.15) is 13.8 Å². The monoisotopic (exact) mass is 161 g/mol. The van der Waals surface area contributed by atoms with E-state index in [2.05, 4.69) is 19.2 Å². The molecule has 3 heteroatoms. The molecule has 0 aliphatic carbocycles. The zero-order valence-electron chi connectivity index (χ0n) is 7.63. The first kappa shape index (κ1) is 10.9. The number of aliphatic hydroxyl groups excluding tert-OH is 1. The van der Waals surface area contributed by atoms with E-state index in [1.807, 2.05) is 0 Å². The maximum Gasteiger partial charge on any atom is 0.0524 e. The smallest absolute Gasteiger partial charge is 0.0524 e. The summed E-state index contributed by atoms with van der Waals surface area (Å²) >= 11 is 0. The lowest BCUT2D eigenvalue weighted by atomic mass is 10.1. The van der Waals surface area contributed by atoms with Gasteiger partial charge in [0.1, 0.15) is 0 Å². The Kier molecular flexibility index (Phi) is 6.51. The third kappa shape index (κ3) is 6.28. The van der Waals surface area contributed by atoms with E-state index in [-0.39, 0.29) is 12.5 Å². The first-order chi connectivity index (χ1) is 5.20. The van der Waals surface area contributed by atoms with Gasteiger partial charge in [-0.2, -0.15) is 0 Å². The Labute approximate surface area is 68.8 Å². The van der Waals surface area contributed by atoms with Crippen molar-refractivity contribution in [3.63, 3.8) is 0 Å². The first-order valence-electron chi connectivity index (χ1n) is 4.03. The lowest BCUT2D eigenvalue weighted by Crippen LogP contribution is -2.32. The molecule has 0 fully saturated rings. The molecule has 1 atom stereocenters. The summed E-state index contributed by atoms with van der Waals surface area (Å²) in [6.45, 7) is 5.80. The van der Waals surface area contributed by atoms with Gasteiger partial charge in [-0.3, -0.25) is 0 Å². The number of nitrogens with one attached hydrogen (secondary N) is 1. The van der Waals surface area contributed by atoms with Crippen molar-refractivity contribution in [3.8, 4) is 0 Å². The van der Waals surface area contributed by atoms with Crippen molar-refractivity contribution in [2.45, 2.75) is 19.9 Å². The SMILES string of the molecule is COCC(CO)CNC(C)C. The van der Waals surface area contributed by atoms with Crippen molar-refractivity contribution in [2.24, 2.45) is 5.92 Å². The Bertz CT molecular complexity index is 86.2. The van der Waals surface area contributed by atoms with Gasteiger partial charge in [0, 0.05) is 32.2 Å². The summed E-state index contributed by atoms with van der Waals surface area (Å²) in [5, 5.41) is 12.1. The van der Waals surface area contributed by atoms with Crippen LogP contribution in [0, 0.1) is 5.92 Å². The predicted molar refractivity (Wildman–Crippen MR) is 45.6 cm³/mol. The highest BCUT2D eigenvalue weighted by atomic mass is 16.5. The van der Waals surface area contributed by atoms with E-state index >= 15 is 0 Å². The van der Waals surface area contributed by atoms with Crippen molar-refractivity contribution >= 4 is 0 Å². The molecule has 1 unspecified atom stereocenters. The van der Waals surface area contributed by atoms with Gasteiger partial charge in [0.2, 0.25) is 0 Å². The third-order valence-electron chi connectivity index (χ3n) is 1.48. The van der Waals surface area contributed by atoms with Gasteiger partial charge < -0.3 is 15.2 Å². The molecule has 0 bridgehead atoms. The molecule has 0 aromatic carbocycles. The van der Waals surface area contributed by atoms with Crippen LogP contribution >= 0.6 is 0 Å². The van der Waals surface area contributed by atoms with E-state index in [1.165, 1.54) is 0 Å². The second-order valence-electron chi connectivity index (χ2n) is 3.07. The number of hydrogen-bond acceptors (Lipinski definition) is 3. The molecule has 0 radical (unpaired) electrons. The lowest BCUT2D eigenvalue weighted by molar-refractivity contribution is 0.108. The fourth-order valence-electron chi connectivity index (χ4n) is 0.814. The average molecular weight is 161 g/mol. The molecule has 0 spiro atoms. The van der Waals surface area contributed by atoms with Gasteiger partial charge in [-0.15, -0.1) is 0 Å². The first-order valence-corrected chi connectivity index (χ1v) is 4.03. The van der Waals surface area contributed by atoms with E-state index in [9.17, 15) is 0 Å². The topological polar surface area (TPSA) is 41.5 Å². The highest BCUT2D eigenvalue weighted by Crippen LogP contribution is 1.93. The molecule has 0 aliphatic heterocycles. The van der Waals surface area contributed by atoms with E-state index in [0.717, 1.165) is 6.54 Å². The van der Waals surface area contributed by atoms with E-state index in [0.29, 0.717) is 12.6 Å². The quantitative estimate of drug-likeness (QED) is 0.586. The minimum absolute atomic E-state index is 0.188. The minimum atomic E-state index is 0.188. The van der Waals surface area contributed by atoms with Crippen LogP contribution < -0.4 is 5.32 Å². The van der Waals surface area contributed by atoms with Gasteiger partial charge in [-0.05, 0) is 0 Å². The molecule has 11 heavy (non-hydrogen) atoms. The number of methoxy groups -OCH3 is 1. The fraction of sp³-hybridized carbons (Fsp3) is 1.00. The Morgan fingerprint density at radius 3 is 2.45 bits per heavy atom. The summed E-state index contributed by atoms with van der Waals surface area (Å²) in [4.78, 5) is 0. The maximum absolute atomic E-state index is 8.85. The molecule has 2 N–H and O–H groups in total. The Hall–Kier alpha value is -0.120. The summed E-state index contributed by atoms with van der Waals surface area (Å²) in [5.74, 6) is 0.224. The van der Waals surface area contributed by atoms with E-state index < -0.39 is 0 Å². The minimum Gasteiger partial charge on any atom is -0.396 e. The molecule has 0 heterocycles. The molecule has 0 aromatic rings. The second-order valence-corrected chi connectivity index (χ2v) is 3.07. The molecule has 0 amide bonds. The van der Waals surface area contributed by atoms with Crippen LogP contribution in [-0.2, 0) is 4.74 Å². The van der Waals surface area contributed by atoms with Crippen LogP contribution in [0.3, 0.4) is 0 Å². The molecular weight excluding hydrogens is 142 g/mol. The summed E-state index contributed by atoms with van der Waals surface area (Å²) < 4.78 is 4.93. The number of ether oxygens (including phenoxy) is 1. The largest absolute Gasteiger partial charge is 0.396 e. The van der Waals surface area contributed by atoms with Gasteiger partial charge >= 0.3 is 0 Å². The molecule has 0 aromatic heterocycles. The highest BCUT2D eigenvalue weighted by molar-refractivity contribution is 4.62. The molecular formula is C8H19NO2. The maximum atomic E-state index is 8.85. The van der Waals surface area contributed by atoms with Crippen molar-refractivity contribution < 1.29 is 9.84 Å². The predicted octanol–water partition coefficient (Wildman–Crippen LogP) is 0.239. The summed E-state index contributed by atoms with van der Waals surface area (Å²) in [5.41, 5.74) is 0.